The fraction of sp³-hybridized carbons (Fsp3) is 0.500. The van der Waals surface area contributed by atoms with E-state index in [0.717, 1.165) is 23.6 Å². The smallest absolute Gasteiger partial charge is 0.0637 e. The zero-order valence-electron chi connectivity index (χ0n) is 9.37. The molecule has 0 heterocycles. The molecule has 4 heteroatoms. The van der Waals surface area contributed by atoms with Crippen molar-refractivity contribution in [3.8, 4) is 0 Å². The minimum atomic E-state index is -0.0499. The lowest BCUT2D eigenvalue weighted by molar-refractivity contribution is -0.00244. The molecule has 1 aromatic carbocycles. The van der Waals surface area contributed by atoms with Gasteiger partial charge in [0, 0.05) is 13.7 Å². The third-order valence-corrected chi connectivity index (χ3v) is 3.56. The Hall–Kier alpha value is -0.770. The van der Waals surface area contributed by atoms with Crippen LogP contribution in [-0.4, -0.2) is 25.3 Å². The molecule has 0 amide bonds. The van der Waals surface area contributed by atoms with Gasteiger partial charge >= 0.3 is 0 Å². The monoisotopic (exact) mass is 240 g/mol. The second-order valence-electron chi connectivity index (χ2n) is 4.36. The summed E-state index contributed by atoms with van der Waals surface area (Å²) in [6.07, 6.45) is 2.19. The van der Waals surface area contributed by atoms with Crippen LogP contribution in [0.3, 0.4) is 0 Å². The number of anilines is 1. The Labute approximate surface area is 101 Å². The average Bonchev–Trinajstić information content (AvgIpc) is 2.25. The van der Waals surface area contributed by atoms with Crippen molar-refractivity contribution in [1.82, 2.24) is 0 Å². The summed E-state index contributed by atoms with van der Waals surface area (Å²) in [7, 11) is 1.74. The first-order valence-electron chi connectivity index (χ1n) is 5.45. The van der Waals surface area contributed by atoms with E-state index in [1.165, 1.54) is 0 Å². The Morgan fingerprint density at radius 1 is 1.50 bits per heavy atom. The highest BCUT2D eigenvalue weighted by Gasteiger charge is 2.43. The van der Waals surface area contributed by atoms with Crippen LogP contribution in [0, 0.1) is 0 Å². The molecule has 1 saturated carbocycles. The topological polar surface area (TPSA) is 47.3 Å². The van der Waals surface area contributed by atoms with E-state index in [-0.39, 0.29) is 5.54 Å². The molecule has 2 rings (SSSR count). The van der Waals surface area contributed by atoms with Crippen molar-refractivity contribution < 1.29 is 4.74 Å². The molecule has 0 spiro atoms. The molecule has 0 saturated heterocycles. The fourth-order valence-electron chi connectivity index (χ4n) is 2.15. The number of hydrogen-bond acceptors (Lipinski definition) is 3. The van der Waals surface area contributed by atoms with Crippen molar-refractivity contribution in [3.05, 3.63) is 29.3 Å². The maximum atomic E-state index is 6.10. The second kappa shape index (κ2) is 4.62. The van der Waals surface area contributed by atoms with E-state index in [4.69, 9.17) is 22.1 Å². The highest BCUT2D eigenvalue weighted by atomic mass is 35.5. The number of hydrogen-bond donors (Lipinski definition) is 2. The van der Waals surface area contributed by atoms with Gasteiger partial charge in [-0.3, -0.25) is 0 Å². The lowest BCUT2D eigenvalue weighted by Gasteiger charge is -2.47. The number of nitrogens with one attached hydrogen (secondary N) is 1. The van der Waals surface area contributed by atoms with Gasteiger partial charge in [0.25, 0.3) is 0 Å². The summed E-state index contributed by atoms with van der Waals surface area (Å²) >= 11 is 6.10. The van der Waals surface area contributed by atoms with Gasteiger partial charge in [-0.2, -0.15) is 0 Å². The molecule has 16 heavy (non-hydrogen) atoms. The van der Waals surface area contributed by atoms with E-state index in [2.05, 4.69) is 5.32 Å². The number of para-hydroxylation sites is 1. The van der Waals surface area contributed by atoms with Crippen molar-refractivity contribution in [3.63, 3.8) is 0 Å². The number of benzene rings is 1. The van der Waals surface area contributed by atoms with Gasteiger partial charge in [0.2, 0.25) is 0 Å². The van der Waals surface area contributed by atoms with Crippen molar-refractivity contribution >= 4 is 17.3 Å². The maximum Gasteiger partial charge on any atom is 0.0637 e. The van der Waals surface area contributed by atoms with Crippen LogP contribution in [-0.2, 0) is 4.74 Å². The first-order chi connectivity index (χ1) is 7.69. The lowest BCUT2D eigenvalue weighted by atomic mass is 9.74. The van der Waals surface area contributed by atoms with E-state index in [0.29, 0.717) is 12.6 Å². The predicted molar refractivity (Wildman–Crippen MR) is 66.9 cm³/mol. The fourth-order valence-corrected chi connectivity index (χ4v) is 2.33. The minimum absolute atomic E-state index is 0.0499. The first kappa shape index (κ1) is 11.7. The Balaban J connectivity index is 2.06. The van der Waals surface area contributed by atoms with Crippen molar-refractivity contribution in [2.45, 2.75) is 24.5 Å². The lowest BCUT2D eigenvalue weighted by Crippen LogP contribution is -2.58. The van der Waals surface area contributed by atoms with Crippen LogP contribution >= 0.6 is 11.6 Å². The molecule has 0 aromatic heterocycles. The third kappa shape index (κ3) is 2.17. The summed E-state index contributed by atoms with van der Waals surface area (Å²) in [4.78, 5) is 0. The molecule has 88 valence electrons. The number of halogens is 1. The summed E-state index contributed by atoms with van der Waals surface area (Å²) in [5.74, 6) is 0. The highest BCUT2D eigenvalue weighted by Crippen LogP contribution is 2.38. The normalized spacial score (nSPS) is 28.6. The average molecular weight is 241 g/mol. The summed E-state index contributed by atoms with van der Waals surface area (Å²) in [6.45, 7) is 0.595. The quantitative estimate of drug-likeness (QED) is 0.849. The van der Waals surface area contributed by atoms with Crippen LogP contribution < -0.4 is 11.1 Å². The van der Waals surface area contributed by atoms with E-state index >= 15 is 0 Å². The first-order valence-corrected chi connectivity index (χ1v) is 5.82. The van der Waals surface area contributed by atoms with Gasteiger partial charge in [0.15, 0.2) is 0 Å². The molecule has 1 fully saturated rings. The molecule has 1 aromatic rings. The molecule has 0 aliphatic heterocycles. The van der Waals surface area contributed by atoms with Gasteiger partial charge < -0.3 is 15.8 Å². The predicted octanol–water partition coefficient (Wildman–Crippen LogP) is 2.26. The summed E-state index contributed by atoms with van der Waals surface area (Å²) in [5, 5.41) is 4.17. The Morgan fingerprint density at radius 3 is 2.75 bits per heavy atom. The van der Waals surface area contributed by atoms with Crippen LogP contribution in [0.4, 0.5) is 5.69 Å². The largest absolute Gasteiger partial charge is 0.381 e. The van der Waals surface area contributed by atoms with Crippen LogP contribution in [0.1, 0.15) is 12.8 Å². The molecule has 3 N–H and O–H groups in total. The standard InChI is InChI=1S/C12H17ClN2O/c1-16-9-6-12(7-9,8-14)15-11-5-3-2-4-10(11)13/h2-5,9,15H,6-8,14H2,1H3. The zero-order chi connectivity index (χ0) is 11.6. The van der Waals surface area contributed by atoms with Crippen molar-refractivity contribution in [2.24, 2.45) is 5.73 Å². The molecule has 0 atom stereocenters. The molecule has 0 bridgehead atoms. The second-order valence-corrected chi connectivity index (χ2v) is 4.76. The van der Waals surface area contributed by atoms with Crippen LogP contribution in [0.5, 0.6) is 0 Å². The zero-order valence-corrected chi connectivity index (χ0v) is 10.1. The summed E-state index contributed by atoms with van der Waals surface area (Å²) in [5.41, 5.74) is 6.72. The Morgan fingerprint density at radius 2 is 2.19 bits per heavy atom. The number of rotatable bonds is 4. The van der Waals surface area contributed by atoms with Crippen molar-refractivity contribution in [2.75, 3.05) is 19.0 Å². The van der Waals surface area contributed by atoms with Gasteiger partial charge in [-0.05, 0) is 25.0 Å². The SMILES string of the molecule is COC1CC(CN)(Nc2ccccc2Cl)C1. The molecule has 3 nitrogen and oxygen atoms in total. The number of nitrogens with two attached hydrogens (primary N) is 1. The van der Waals surface area contributed by atoms with Crippen LogP contribution in [0.25, 0.3) is 0 Å². The minimum Gasteiger partial charge on any atom is -0.381 e. The van der Waals surface area contributed by atoms with Gasteiger partial charge in [-0.15, -0.1) is 0 Å². The van der Waals surface area contributed by atoms with Crippen LogP contribution in [0.2, 0.25) is 5.02 Å². The highest BCUT2D eigenvalue weighted by molar-refractivity contribution is 6.33. The molecule has 1 aliphatic rings. The van der Waals surface area contributed by atoms with E-state index in [1.54, 1.807) is 7.11 Å². The van der Waals surface area contributed by atoms with Gasteiger partial charge in [-0.25, -0.2) is 0 Å². The van der Waals surface area contributed by atoms with E-state index < -0.39 is 0 Å². The van der Waals surface area contributed by atoms with Gasteiger partial charge in [0.05, 0.1) is 22.4 Å². The van der Waals surface area contributed by atoms with E-state index in [9.17, 15) is 0 Å². The van der Waals surface area contributed by atoms with Gasteiger partial charge in [-0.1, -0.05) is 23.7 Å². The van der Waals surface area contributed by atoms with Crippen molar-refractivity contribution in [1.29, 1.82) is 0 Å². The number of methoxy groups -OCH3 is 1. The van der Waals surface area contributed by atoms with E-state index in [1.807, 2.05) is 24.3 Å². The molecular formula is C12H17ClN2O. The molecule has 1 aliphatic carbocycles. The van der Waals surface area contributed by atoms with Crippen LogP contribution in [0.15, 0.2) is 24.3 Å². The number of ether oxygens (including phenoxy) is 1. The Kier molecular flexibility index (Phi) is 3.38. The summed E-state index contributed by atoms with van der Waals surface area (Å²) in [6, 6.07) is 7.73. The Bertz CT molecular complexity index is 364. The maximum absolute atomic E-state index is 6.10. The summed E-state index contributed by atoms with van der Waals surface area (Å²) < 4.78 is 5.28. The van der Waals surface area contributed by atoms with Gasteiger partial charge in [0.1, 0.15) is 0 Å². The molecule has 0 unspecified atom stereocenters. The molecular weight excluding hydrogens is 224 g/mol. The third-order valence-electron chi connectivity index (χ3n) is 3.23. The molecule has 0 radical (unpaired) electrons.